The lowest BCUT2D eigenvalue weighted by molar-refractivity contribution is 0.755. The molecular weight excluding hydrogens is 234 g/mol. The van der Waals surface area contributed by atoms with Crippen molar-refractivity contribution in [2.75, 3.05) is 0 Å². The summed E-state index contributed by atoms with van der Waals surface area (Å²) >= 11 is 5.04. The molecule has 0 unspecified atom stereocenters. The van der Waals surface area contributed by atoms with Crippen molar-refractivity contribution < 1.29 is 0 Å². The number of aryl methyl sites for hydroxylation is 1. The molecule has 5 nitrogen and oxygen atoms in total. The number of fused-ring (bicyclic) bond motifs is 1. The largest absolute Gasteiger partial charge is 0.278 e. The number of aromatic amines is 1. The van der Waals surface area contributed by atoms with E-state index in [1.165, 1.54) is 0 Å². The molecular formula is C11H9N5S. The molecule has 0 atom stereocenters. The van der Waals surface area contributed by atoms with Gasteiger partial charge in [-0.2, -0.15) is 4.98 Å². The Morgan fingerprint density at radius 2 is 1.94 bits per heavy atom. The summed E-state index contributed by atoms with van der Waals surface area (Å²) in [6.45, 7) is 0. The molecule has 1 aromatic carbocycles. The molecule has 0 spiro atoms. The van der Waals surface area contributed by atoms with E-state index in [9.17, 15) is 0 Å². The lowest BCUT2D eigenvalue weighted by Crippen LogP contribution is -1.92. The van der Waals surface area contributed by atoms with Crippen molar-refractivity contribution >= 4 is 23.3 Å². The van der Waals surface area contributed by atoms with E-state index in [4.69, 9.17) is 12.2 Å². The summed E-state index contributed by atoms with van der Waals surface area (Å²) in [7, 11) is 1.81. The second-order valence-corrected chi connectivity index (χ2v) is 4.02. The molecule has 0 aliphatic rings. The lowest BCUT2D eigenvalue weighted by Gasteiger charge is -1.98. The Morgan fingerprint density at radius 3 is 2.65 bits per heavy atom. The van der Waals surface area contributed by atoms with Gasteiger partial charge in [-0.25, -0.2) is 4.98 Å². The second-order valence-electron chi connectivity index (χ2n) is 3.66. The molecule has 0 saturated carbocycles. The van der Waals surface area contributed by atoms with Gasteiger partial charge in [0, 0.05) is 7.05 Å². The number of H-pyrrole nitrogens is 1. The molecule has 0 amide bonds. The van der Waals surface area contributed by atoms with Gasteiger partial charge in [0.25, 0.3) is 0 Å². The minimum Gasteiger partial charge on any atom is -0.278 e. The average molecular weight is 243 g/mol. The molecule has 3 aromatic rings. The van der Waals surface area contributed by atoms with Crippen LogP contribution in [-0.2, 0) is 7.05 Å². The first-order chi connectivity index (χ1) is 8.24. The van der Waals surface area contributed by atoms with E-state index >= 15 is 0 Å². The van der Waals surface area contributed by atoms with E-state index in [0.717, 1.165) is 11.0 Å². The van der Waals surface area contributed by atoms with Gasteiger partial charge >= 0.3 is 0 Å². The van der Waals surface area contributed by atoms with Crippen LogP contribution in [0.2, 0.25) is 0 Å². The van der Waals surface area contributed by atoms with Gasteiger partial charge in [-0.3, -0.25) is 14.8 Å². The van der Waals surface area contributed by atoms with Crippen LogP contribution in [0.4, 0.5) is 0 Å². The van der Waals surface area contributed by atoms with Gasteiger partial charge in [-0.1, -0.05) is 12.1 Å². The zero-order valence-electron chi connectivity index (χ0n) is 9.08. The molecule has 0 fully saturated rings. The van der Waals surface area contributed by atoms with Crippen LogP contribution >= 0.6 is 12.2 Å². The Hall–Kier alpha value is -2.08. The molecule has 3 rings (SSSR count). The maximum atomic E-state index is 5.04. The van der Waals surface area contributed by atoms with Crippen LogP contribution in [0.25, 0.3) is 22.6 Å². The maximum absolute atomic E-state index is 5.04. The molecule has 1 N–H and O–H groups in total. The van der Waals surface area contributed by atoms with Gasteiger partial charge in [0.2, 0.25) is 4.77 Å². The van der Waals surface area contributed by atoms with Crippen LogP contribution in [0.3, 0.4) is 0 Å². The Labute approximate surface area is 102 Å². The SMILES string of the molecule is Cn1[nH]c(-c2cnc3ccccc3n2)nc1=S. The normalized spacial score (nSPS) is 10.9. The number of para-hydroxylation sites is 2. The molecule has 84 valence electrons. The highest BCUT2D eigenvalue weighted by atomic mass is 32.1. The average Bonchev–Trinajstić information content (AvgIpc) is 2.69. The van der Waals surface area contributed by atoms with Crippen molar-refractivity contribution in [3.63, 3.8) is 0 Å². The number of rotatable bonds is 1. The first kappa shape index (κ1) is 10.1. The van der Waals surface area contributed by atoms with E-state index in [-0.39, 0.29) is 0 Å². The van der Waals surface area contributed by atoms with Crippen molar-refractivity contribution in [3.05, 3.63) is 35.2 Å². The first-order valence-corrected chi connectivity index (χ1v) is 5.50. The number of nitrogens with one attached hydrogen (secondary N) is 1. The summed E-state index contributed by atoms with van der Waals surface area (Å²) in [5, 5.41) is 3.02. The minimum atomic E-state index is 0.495. The third-order valence-corrected chi connectivity index (χ3v) is 2.82. The van der Waals surface area contributed by atoms with Gasteiger partial charge in [0.05, 0.1) is 17.2 Å². The Morgan fingerprint density at radius 1 is 1.18 bits per heavy atom. The number of aromatic nitrogens is 5. The van der Waals surface area contributed by atoms with Crippen LogP contribution in [0, 0.1) is 4.77 Å². The van der Waals surface area contributed by atoms with Crippen molar-refractivity contribution in [1.29, 1.82) is 0 Å². The van der Waals surface area contributed by atoms with E-state index < -0.39 is 0 Å². The number of hydrogen-bond acceptors (Lipinski definition) is 4. The summed E-state index contributed by atoms with van der Waals surface area (Å²) in [6, 6.07) is 7.71. The predicted molar refractivity (Wildman–Crippen MR) is 66.9 cm³/mol. The zero-order valence-corrected chi connectivity index (χ0v) is 9.90. The fourth-order valence-electron chi connectivity index (χ4n) is 1.59. The highest BCUT2D eigenvalue weighted by molar-refractivity contribution is 7.71. The van der Waals surface area contributed by atoms with E-state index in [2.05, 4.69) is 20.1 Å². The highest BCUT2D eigenvalue weighted by Gasteiger charge is 2.06. The third kappa shape index (κ3) is 1.72. The lowest BCUT2D eigenvalue weighted by atomic mass is 10.3. The van der Waals surface area contributed by atoms with Gasteiger partial charge in [-0.05, 0) is 24.4 Å². The molecule has 2 heterocycles. The highest BCUT2D eigenvalue weighted by Crippen LogP contribution is 2.15. The van der Waals surface area contributed by atoms with Crippen LogP contribution in [0.1, 0.15) is 0 Å². The monoisotopic (exact) mass is 243 g/mol. The van der Waals surface area contributed by atoms with E-state index in [0.29, 0.717) is 16.3 Å². The standard InChI is InChI=1S/C11H9N5S/c1-16-11(17)14-10(15-16)9-6-12-7-4-2-3-5-8(7)13-9/h2-6H,1H3,(H,14,15,17). The molecule has 0 bridgehead atoms. The zero-order chi connectivity index (χ0) is 11.8. The summed E-state index contributed by atoms with van der Waals surface area (Å²) in [5.41, 5.74) is 2.40. The molecule has 0 saturated heterocycles. The van der Waals surface area contributed by atoms with Crippen LogP contribution in [0.15, 0.2) is 30.5 Å². The quantitative estimate of drug-likeness (QED) is 0.665. The van der Waals surface area contributed by atoms with Crippen molar-refractivity contribution in [1.82, 2.24) is 24.7 Å². The summed E-state index contributed by atoms with van der Waals surface area (Å²) in [4.78, 5) is 13.0. The third-order valence-electron chi connectivity index (χ3n) is 2.46. The Balaban J connectivity index is 2.21. The number of nitrogens with zero attached hydrogens (tertiary/aromatic N) is 4. The fourth-order valence-corrected chi connectivity index (χ4v) is 1.73. The number of hydrogen-bond donors (Lipinski definition) is 1. The Bertz CT molecular complexity index is 743. The smallest absolute Gasteiger partial charge is 0.216 e. The van der Waals surface area contributed by atoms with Gasteiger partial charge in [-0.15, -0.1) is 0 Å². The van der Waals surface area contributed by atoms with Crippen LogP contribution in [0.5, 0.6) is 0 Å². The maximum Gasteiger partial charge on any atom is 0.216 e. The van der Waals surface area contributed by atoms with Gasteiger partial charge < -0.3 is 0 Å². The van der Waals surface area contributed by atoms with Gasteiger partial charge in [0.15, 0.2) is 5.82 Å². The summed E-state index contributed by atoms with van der Waals surface area (Å²) < 4.78 is 2.16. The van der Waals surface area contributed by atoms with Crippen molar-refractivity contribution in [2.24, 2.45) is 7.05 Å². The molecule has 17 heavy (non-hydrogen) atoms. The predicted octanol–water partition coefficient (Wildman–Crippen LogP) is 2.09. The Kier molecular flexibility index (Phi) is 2.22. The van der Waals surface area contributed by atoms with E-state index in [1.807, 2.05) is 31.3 Å². The van der Waals surface area contributed by atoms with Crippen LogP contribution in [-0.4, -0.2) is 24.7 Å². The number of benzene rings is 1. The van der Waals surface area contributed by atoms with Crippen molar-refractivity contribution in [2.45, 2.75) is 0 Å². The van der Waals surface area contributed by atoms with Crippen LogP contribution < -0.4 is 0 Å². The van der Waals surface area contributed by atoms with E-state index in [1.54, 1.807) is 10.9 Å². The molecule has 0 radical (unpaired) electrons. The van der Waals surface area contributed by atoms with Crippen molar-refractivity contribution in [3.8, 4) is 11.5 Å². The molecule has 2 aromatic heterocycles. The first-order valence-electron chi connectivity index (χ1n) is 5.09. The minimum absolute atomic E-state index is 0.495. The summed E-state index contributed by atoms with van der Waals surface area (Å²) in [6.07, 6.45) is 1.69. The fraction of sp³-hybridized carbons (Fsp3) is 0.0909. The second kappa shape index (κ2) is 3.74. The molecule has 6 heteroatoms. The van der Waals surface area contributed by atoms with Gasteiger partial charge in [0.1, 0.15) is 5.69 Å². The summed E-state index contributed by atoms with van der Waals surface area (Å²) in [5.74, 6) is 0.635. The topological polar surface area (TPSA) is 59.4 Å². The molecule has 0 aliphatic carbocycles. The molecule has 0 aliphatic heterocycles.